The topological polar surface area (TPSA) is 12.5 Å². The first-order valence-electron chi connectivity index (χ1n) is 3.15. The van der Waals surface area contributed by atoms with E-state index in [0.717, 1.165) is 19.7 Å². The summed E-state index contributed by atoms with van der Waals surface area (Å²) in [6.45, 7) is 4.41. The largest absolute Gasteiger partial charge is 0.369 e. The highest BCUT2D eigenvalue weighted by Crippen LogP contribution is 2.22. The second kappa shape index (κ2) is 1.71. The summed E-state index contributed by atoms with van der Waals surface area (Å²) in [7, 11) is 0. The second-order valence-electron chi connectivity index (χ2n) is 2.41. The summed E-state index contributed by atoms with van der Waals surface area (Å²) >= 11 is 0. The zero-order chi connectivity index (χ0) is 5.40. The molecule has 0 spiro atoms. The molecule has 1 radical (unpaired) electrons. The van der Waals surface area contributed by atoms with Gasteiger partial charge in [-0.05, 0) is 6.42 Å². The lowest BCUT2D eigenvalue weighted by atomic mass is 10.3. The van der Waals surface area contributed by atoms with E-state index in [2.05, 4.69) is 4.90 Å². The molecule has 2 aliphatic rings. The molecule has 2 rings (SSSR count). The van der Waals surface area contributed by atoms with Gasteiger partial charge >= 0.3 is 0 Å². The van der Waals surface area contributed by atoms with Gasteiger partial charge in [-0.1, -0.05) is 0 Å². The van der Waals surface area contributed by atoms with Crippen molar-refractivity contribution >= 4 is 0 Å². The van der Waals surface area contributed by atoms with Crippen LogP contribution in [0.25, 0.3) is 0 Å². The molecule has 0 aromatic heterocycles. The molecule has 0 aliphatic carbocycles. The minimum absolute atomic E-state index is 0.926. The summed E-state index contributed by atoms with van der Waals surface area (Å²) in [5, 5.41) is 0. The Bertz CT molecular complexity index is 80.5. The van der Waals surface area contributed by atoms with Gasteiger partial charge < -0.3 is 4.74 Å². The second-order valence-corrected chi connectivity index (χ2v) is 2.41. The number of hydrogen-bond donors (Lipinski definition) is 0. The van der Waals surface area contributed by atoms with E-state index >= 15 is 0 Å². The van der Waals surface area contributed by atoms with E-state index in [1.165, 1.54) is 19.1 Å². The Morgan fingerprint density at radius 1 is 1.38 bits per heavy atom. The van der Waals surface area contributed by atoms with Gasteiger partial charge in [0.1, 0.15) is 6.10 Å². The molecule has 2 heteroatoms. The molecule has 2 heterocycles. The van der Waals surface area contributed by atoms with Crippen LogP contribution in [0.2, 0.25) is 0 Å². The van der Waals surface area contributed by atoms with E-state index in [1.54, 1.807) is 0 Å². The smallest absolute Gasteiger partial charge is 0.112 e. The van der Waals surface area contributed by atoms with Crippen molar-refractivity contribution in [2.75, 3.05) is 26.2 Å². The highest BCUT2D eigenvalue weighted by atomic mass is 16.5. The number of fused-ring (bicyclic) bond motifs is 2. The SMILES string of the molecule is C1CN2CC[C](C2)O1. The Kier molecular flexibility index (Phi) is 1.02. The first-order chi connectivity index (χ1) is 3.95. The summed E-state index contributed by atoms with van der Waals surface area (Å²) in [4.78, 5) is 2.43. The summed E-state index contributed by atoms with van der Waals surface area (Å²) in [5.41, 5.74) is 0. The number of nitrogens with zero attached hydrogens (tertiary/aromatic N) is 1. The van der Waals surface area contributed by atoms with Crippen LogP contribution in [0, 0.1) is 6.10 Å². The maximum atomic E-state index is 5.34. The van der Waals surface area contributed by atoms with Gasteiger partial charge in [0.15, 0.2) is 0 Å². The molecule has 2 fully saturated rings. The van der Waals surface area contributed by atoms with Crippen molar-refractivity contribution in [3.8, 4) is 0 Å². The van der Waals surface area contributed by atoms with Gasteiger partial charge in [-0.15, -0.1) is 0 Å². The van der Waals surface area contributed by atoms with Crippen LogP contribution in [0.1, 0.15) is 6.42 Å². The van der Waals surface area contributed by atoms with Gasteiger partial charge in [0.25, 0.3) is 0 Å². The van der Waals surface area contributed by atoms with Gasteiger partial charge in [-0.25, -0.2) is 0 Å². The van der Waals surface area contributed by atoms with Crippen molar-refractivity contribution in [2.24, 2.45) is 0 Å². The number of morpholine rings is 1. The van der Waals surface area contributed by atoms with Crippen LogP contribution in [-0.2, 0) is 4.74 Å². The lowest BCUT2D eigenvalue weighted by molar-refractivity contribution is 0.0869. The molecule has 0 N–H and O–H groups in total. The standard InChI is InChI=1S/C6H10NO/c1-2-7-3-4-8-6(1)5-7/h1-5H2. The number of rotatable bonds is 0. The van der Waals surface area contributed by atoms with E-state index in [4.69, 9.17) is 4.74 Å². The van der Waals surface area contributed by atoms with E-state index < -0.39 is 0 Å². The predicted molar refractivity (Wildman–Crippen MR) is 30.3 cm³/mol. The van der Waals surface area contributed by atoms with E-state index in [0.29, 0.717) is 0 Å². The predicted octanol–water partition coefficient (Wildman–Crippen LogP) is 0.254. The fourth-order valence-corrected chi connectivity index (χ4v) is 1.32. The van der Waals surface area contributed by atoms with Crippen molar-refractivity contribution in [2.45, 2.75) is 6.42 Å². The van der Waals surface area contributed by atoms with Gasteiger partial charge in [-0.2, -0.15) is 0 Å². The Balaban J connectivity index is 2.03. The molecular formula is C6H10NO. The molecule has 8 heavy (non-hydrogen) atoms. The average molecular weight is 112 g/mol. The summed E-state index contributed by atoms with van der Waals surface area (Å²) < 4.78 is 5.34. The van der Waals surface area contributed by atoms with Crippen LogP contribution >= 0.6 is 0 Å². The van der Waals surface area contributed by atoms with Crippen molar-refractivity contribution in [1.29, 1.82) is 0 Å². The van der Waals surface area contributed by atoms with Gasteiger partial charge in [0.05, 0.1) is 6.61 Å². The normalized spacial score (nSPS) is 38.2. The zero-order valence-electron chi connectivity index (χ0n) is 4.89. The molecule has 2 aliphatic heterocycles. The minimum atomic E-state index is 0.926. The Labute approximate surface area is 49.4 Å². The summed E-state index contributed by atoms with van der Waals surface area (Å²) in [5.74, 6) is 0. The highest BCUT2D eigenvalue weighted by molar-refractivity contribution is 4.93. The molecule has 45 valence electrons. The summed E-state index contributed by atoms with van der Waals surface area (Å²) in [6.07, 6.45) is 2.48. The van der Waals surface area contributed by atoms with Crippen LogP contribution in [0.5, 0.6) is 0 Å². The van der Waals surface area contributed by atoms with Crippen molar-refractivity contribution in [3.05, 3.63) is 6.10 Å². The van der Waals surface area contributed by atoms with Crippen LogP contribution in [0.3, 0.4) is 0 Å². The zero-order valence-corrected chi connectivity index (χ0v) is 4.89. The van der Waals surface area contributed by atoms with Crippen LogP contribution in [-0.4, -0.2) is 31.1 Å². The quantitative estimate of drug-likeness (QED) is 0.445. The minimum Gasteiger partial charge on any atom is -0.369 e. The molecule has 2 saturated heterocycles. The molecule has 2 nitrogen and oxygen atoms in total. The van der Waals surface area contributed by atoms with E-state index in [-0.39, 0.29) is 0 Å². The third-order valence-electron chi connectivity index (χ3n) is 1.82. The van der Waals surface area contributed by atoms with Gasteiger partial charge in [0, 0.05) is 19.6 Å². The highest BCUT2D eigenvalue weighted by Gasteiger charge is 2.27. The molecule has 2 bridgehead atoms. The Morgan fingerprint density at radius 2 is 2.38 bits per heavy atom. The van der Waals surface area contributed by atoms with E-state index in [1.807, 2.05) is 0 Å². The third-order valence-corrected chi connectivity index (χ3v) is 1.82. The molecule has 0 saturated carbocycles. The fourth-order valence-electron chi connectivity index (χ4n) is 1.32. The van der Waals surface area contributed by atoms with Crippen LogP contribution < -0.4 is 0 Å². The van der Waals surface area contributed by atoms with Crippen molar-refractivity contribution in [1.82, 2.24) is 4.90 Å². The fraction of sp³-hybridized carbons (Fsp3) is 0.833. The molecule has 0 aromatic carbocycles. The number of hydrogen-bond acceptors (Lipinski definition) is 2. The molecule has 1 unspecified atom stereocenters. The van der Waals surface area contributed by atoms with Gasteiger partial charge in [-0.3, -0.25) is 4.90 Å². The maximum absolute atomic E-state index is 5.34. The lowest BCUT2D eigenvalue weighted by Gasteiger charge is -2.20. The van der Waals surface area contributed by atoms with Crippen molar-refractivity contribution in [3.63, 3.8) is 0 Å². The average Bonchev–Trinajstić information content (AvgIpc) is 2.12. The van der Waals surface area contributed by atoms with Crippen LogP contribution in [0.4, 0.5) is 0 Å². The van der Waals surface area contributed by atoms with Crippen LogP contribution in [0.15, 0.2) is 0 Å². The number of ether oxygens (including phenoxy) is 1. The van der Waals surface area contributed by atoms with Gasteiger partial charge in [0.2, 0.25) is 0 Å². The molecule has 0 aromatic rings. The van der Waals surface area contributed by atoms with E-state index in [9.17, 15) is 0 Å². The summed E-state index contributed by atoms with van der Waals surface area (Å²) in [6, 6.07) is 0. The van der Waals surface area contributed by atoms with Crippen molar-refractivity contribution < 1.29 is 4.74 Å². The maximum Gasteiger partial charge on any atom is 0.112 e. The third kappa shape index (κ3) is 0.644. The molecule has 1 atom stereocenters. The first-order valence-corrected chi connectivity index (χ1v) is 3.15. The lowest BCUT2D eigenvalue weighted by Crippen LogP contribution is -2.29. The molecule has 0 amide bonds. The Hall–Kier alpha value is -0.0800. The monoisotopic (exact) mass is 112 g/mol. The molecular weight excluding hydrogens is 102 g/mol. The Morgan fingerprint density at radius 3 is 3.12 bits per heavy atom. The first kappa shape index (κ1) is 4.77.